The average Bonchev–Trinajstić information content (AvgIpc) is 3.04. The van der Waals surface area contributed by atoms with Crippen LogP contribution in [0.15, 0.2) is 27.7 Å². The van der Waals surface area contributed by atoms with E-state index in [4.69, 9.17) is 4.42 Å². The number of nitrogens with one attached hydrogen (secondary N) is 1. The average molecular weight is 345 g/mol. The summed E-state index contributed by atoms with van der Waals surface area (Å²) in [4.78, 5) is 31.9. The highest BCUT2D eigenvalue weighted by molar-refractivity contribution is 5.89. The molecule has 8 nitrogen and oxygen atoms in total. The lowest BCUT2D eigenvalue weighted by Gasteiger charge is -2.07. The van der Waals surface area contributed by atoms with Gasteiger partial charge in [0.1, 0.15) is 18.0 Å². The number of hydrogen-bond acceptors (Lipinski definition) is 6. The molecule has 0 unspecified atom stereocenters. The van der Waals surface area contributed by atoms with Crippen LogP contribution in [-0.4, -0.2) is 25.7 Å². The largest absolute Gasteiger partial charge is 0.459 e. The number of nitrogens with zero attached hydrogens (tertiary/aromatic N) is 4. The van der Waals surface area contributed by atoms with E-state index in [1.54, 1.807) is 6.07 Å². The van der Waals surface area contributed by atoms with Crippen LogP contribution < -0.4 is 10.9 Å². The Morgan fingerprint density at radius 1 is 1.28 bits per heavy atom. The van der Waals surface area contributed by atoms with Crippen molar-refractivity contribution < 1.29 is 13.6 Å². The predicted molar refractivity (Wildman–Crippen MR) is 87.6 cm³/mol. The van der Waals surface area contributed by atoms with E-state index in [2.05, 4.69) is 20.4 Å². The molecule has 1 N–H and O–H groups in total. The highest BCUT2D eigenvalue weighted by Crippen LogP contribution is 2.19. The number of amides is 1. The van der Waals surface area contributed by atoms with Gasteiger partial charge >= 0.3 is 0 Å². The minimum Gasteiger partial charge on any atom is -0.459 e. The molecule has 0 aliphatic heterocycles. The molecule has 0 spiro atoms. The van der Waals surface area contributed by atoms with Crippen LogP contribution in [0.4, 0.5) is 10.3 Å². The Balaban J connectivity index is 1.90. The van der Waals surface area contributed by atoms with E-state index in [-0.39, 0.29) is 12.5 Å². The van der Waals surface area contributed by atoms with Gasteiger partial charge in [0.15, 0.2) is 11.4 Å². The number of furan rings is 1. The molecule has 3 rings (SSSR count). The highest BCUT2D eigenvalue weighted by atomic mass is 19.1. The standard InChI is InChI=1S/C16H16FN5O3/c1-3-10-5-11-14(25-10)12(4-2)21-22(15(11)24)8-13(23)20-16-18-6-9(17)7-19-16/h5-7H,3-4,8H2,1-2H3,(H,18,19,20,23). The molecule has 0 saturated carbocycles. The van der Waals surface area contributed by atoms with Crippen LogP contribution in [0.2, 0.25) is 0 Å². The van der Waals surface area contributed by atoms with Crippen molar-refractivity contribution in [1.82, 2.24) is 19.7 Å². The minimum atomic E-state index is -0.611. The van der Waals surface area contributed by atoms with E-state index in [1.165, 1.54) is 0 Å². The monoisotopic (exact) mass is 345 g/mol. The number of aromatic nitrogens is 4. The topological polar surface area (TPSA) is 103 Å². The maximum absolute atomic E-state index is 12.8. The lowest BCUT2D eigenvalue weighted by molar-refractivity contribution is -0.117. The van der Waals surface area contributed by atoms with E-state index < -0.39 is 17.3 Å². The van der Waals surface area contributed by atoms with Crippen LogP contribution >= 0.6 is 0 Å². The maximum Gasteiger partial charge on any atom is 0.278 e. The van der Waals surface area contributed by atoms with Gasteiger partial charge in [0.2, 0.25) is 11.9 Å². The van der Waals surface area contributed by atoms with E-state index in [1.807, 2.05) is 13.8 Å². The van der Waals surface area contributed by atoms with E-state index >= 15 is 0 Å². The van der Waals surface area contributed by atoms with Crippen LogP contribution in [0, 0.1) is 5.82 Å². The van der Waals surface area contributed by atoms with Gasteiger partial charge in [-0.05, 0) is 12.5 Å². The van der Waals surface area contributed by atoms with Crippen LogP contribution in [0.1, 0.15) is 25.3 Å². The Morgan fingerprint density at radius 3 is 2.64 bits per heavy atom. The van der Waals surface area contributed by atoms with Crippen molar-refractivity contribution in [2.24, 2.45) is 0 Å². The molecule has 0 aliphatic carbocycles. The van der Waals surface area contributed by atoms with Gasteiger partial charge in [0.25, 0.3) is 5.56 Å². The van der Waals surface area contributed by atoms with Gasteiger partial charge < -0.3 is 4.42 Å². The number of fused-ring (bicyclic) bond motifs is 1. The molecule has 9 heteroatoms. The number of rotatable bonds is 5. The SMILES string of the molecule is CCc1cc2c(=O)n(CC(=O)Nc3ncc(F)cn3)nc(CC)c2o1. The van der Waals surface area contributed by atoms with Crippen molar-refractivity contribution >= 4 is 22.8 Å². The van der Waals surface area contributed by atoms with Crippen molar-refractivity contribution in [3.8, 4) is 0 Å². The number of carbonyl (C=O) groups excluding carboxylic acids is 1. The molecule has 3 aromatic heterocycles. The summed E-state index contributed by atoms with van der Waals surface area (Å²) in [5.41, 5.74) is 0.647. The summed E-state index contributed by atoms with van der Waals surface area (Å²) in [5, 5.41) is 7.00. The van der Waals surface area contributed by atoms with Crippen molar-refractivity contribution in [2.75, 3.05) is 5.32 Å². The van der Waals surface area contributed by atoms with E-state index in [0.717, 1.165) is 17.1 Å². The number of aryl methyl sites for hydroxylation is 2. The molecule has 25 heavy (non-hydrogen) atoms. The lowest BCUT2D eigenvalue weighted by atomic mass is 10.2. The van der Waals surface area contributed by atoms with Gasteiger partial charge in [-0.25, -0.2) is 19.0 Å². The summed E-state index contributed by atoms with van der Waals surface area (Å²) in [6.45, 7) is 3.50. The first-order valence-electron chi connectivity index (χ1n) is 7.81. The van der Waals surface area contributed by atoms with Crippen molar-refractivity contribution in [3.05, 3.63) is 46.1 Å². The van der Waals surface area contributed by atoms with Crippen LogP contribution in [0.25, 0.3) is 11.0 Å². The smallest absolute Gasteiger partial charge is 0.278 e. The van der Waals surface area contributed by atoms with Crippen LogP contribution in [0.3, 0.4) is 0 Å². The summed E-state index contributed by atoms with van der Waals surface area (Å²) >= 11 is 0. The normalized spacial score (nSPS) is 11.0. The summed E-state index contributed by atoms with van der Waals surface area (Å²) in [6.07, 6.45) is 3.08. The molecule has 3 aromatic rings. The van der Waals surface area contributed by atoms with Crippen molar-refractivity contribution in [1.29, 1.82) is 0 Å². The third-order valence-electron chi connectivity index (χ3n) is 3.60. The number of halogens is 1. The second kappa shape index (κ2) is 6.80. The summed E-state index contributed by atoms with van der Waals surface area (Å²) in [7, 11) is 0. The Hall–Kier alpha value is -3.10. The number of hydrogen-bond donors (Lipinski definition) is 1. The minimum absolute atomic E-state index is 0.0483. The second-order valence-corrected chi connectivity index (χ2v) is 5.35. The molecule has 3 heterocycles. The Kier molecular flexibility index (Phi) is 4.55. The van der Waals surface area contributed by atoms with Gasteiger partial charge in [-0.3, -0.25) is 14.9 Å². The summed E-state index contributed by atoms with van der Waals surface area (Å²) in [5.74, 6) is -0.513. The lowest BCUT2D eigenvalue weighted by Crippen LogP contribution is -2.30. The molecular weight excluding hydrogens is 329 g/mol. The zero-order valence-electron chi connectivity index (χ0n) is 13.7. The highest BCUT2D eigenvalue weighted by Gasteiger charge is 2.16. The molecule has 1 amide bonds. The quantitative estimate of drug-likeness (QED) is 0.755. The first-order valence-corrected chi connectivity index (χ1v) is 7.81. The van der Waals surface area contributed by atoms with Gasteiger partial charge in [-0.2, -0.15) is 5.10 Å². The van der Waals surface area contributed by atoms with Gasteiger partial charge in [0.05, 0.1) is 17.8 Å². The molecule has 0 fully saturated rings. The fourth-order valence-corrected chi connectivity index (χ4v) is 2.38. The predicted octanol–water partition coefficient (Wildman–Crippen LogP) is 1.68. The molecule has 0 aliphatic rings. The third-order valence-corrected chi connectivity index (χ3v) is 3.60. The molecule has 0 bridgehead atoms. The Labute approximate surface area is 141 Å². The third kappa shape index (κ3) is 3.39. The maximum atomic E-state index is 12.8. The van der Waals surface area contributed by atoms with Gasteiger partial charge in [-0.15, -0.1) is 0 Å². The number of carbonyl (C=O) groups is 1. The zero-order chi connectivity index (χ0) is 18.0. The van der Waals surface area contributed by atoms with E-state index in [0.29, 0.717) is 35.3 Å². The number of anilines is 1. The zero-order valence-corrected chi connectivity index (χ0v) is 13.7. The fraction of sp³-hybridized carbons (Fsp3) is 0.312. The summed E-state index contributed by atoms with van der Waals surface area (Å²) in [6, 6.07) is 1.68. The van der Waals surface area contributed by atoms with Crippen LogP contribution in [0.5, 0.6) is 0 Å². The first-order chi connectivity index (χ1) is 12.0. The fourth-order valence-electron chi connectivity index (χ4n) is 2.38. The van der Waals surface area contributed by atoms with Crippen molar-refractivity contribution in [3.63, 3.8) is 0 Å². The molecule has 0 saturated heterocycles. The second-order valence-electron chi connectivity index (χ2n) is 5.35. The van der Waals surface area contributed by atoms with Crippen LogP contribution in [-0.2, 0) is 24.2 Å². The molecule has 130 valence electrons. The van der Waals surface area contributed by atoms with E-state index in [9.17, 15) is 14.0 Å². The molecule has 0 radical (unpaired) electrons. The molecule has 0 atom stereocenters. The summed E-state index contributed by atoms with van der Waals surface area (Å²) < 4.78 is 19.5. The van der Waals surface area contributed by atoms with Gasteiger partial charge in [-0.1, -0.05) is 13.8 Å². The Morgan fingerprint density at radius 2 is 2.00 bits per heavy atom. The molecule has 0 aromatic carbocycles. The first kappa shape index (κ1) is 16.7. The molecular formula is C16H16FN5O3. The van der Waals surface area contributed by atoms with Crippen molar-refractivity contribution in [2.45, 2.75) is 33.2 Å². The Bertz CT molecular complexity index is 978. The van der Waals surface area contributed by atoms with Gasteiger partial charge in [0, 0.05) is 6.42 Å².